The standard InChI is InChI=1S/C9H12N6/c10-6-3-5-9-12-13-14-15(9)8-4-1-2-7-11-8/h1-2,4,7H,3,5-6,10H2. The van der Waals surface area contributed by atoms with Crippen molar-refractivity contribution in [3.63, 3.8) is 0 Å². The van der Waals surface area contributed by atoms with Crippen LogP contribution in [0.1, 0.15) is 12.2 Å². The smallest absolute Gasteiger partial charge is 0.158 e. The van der Waals surface area contributed by atoms with Crippen LogP contribution >= 0.6 is 0 Å². The molecule has 0 atom stereocenters. The number of tetrazole rings is 1. The lowest BCUT2D eigenvalue weighted by molar-refractivity contribution is 0.714. The first kappa shape index (κ1) is 9.72. The summed E-state index contributed by atoms with van der Waals surface area (Å²) in [5, 5.41) is 11.5. The minimum atomic E-state index is 0.634. The molecular formula is C9H12N6. The third-order valence-corrected chi connectivity index (χ3v) is 2.00. The highest BCUT2D eigenvalue weighted by Gasteiger charge is 2.07. The van der Waals surface area contributed by atoms with Gasteiger partial charge in [0.2, 0.25) is 0 Å². The monoisotopic (exact) mass is 204 g/mol. The lowest BCUT2D eigenvalue weighted by atomic mass is 10.3. The van der Waals surface area contributed by atoms with Gasteiger partial charge >= 0.3 is 0 Å². The molecule has 0 fully saturated rings. The van der Waals surface area contributed by atoms with Gasteiger partial charge in [0.05, 0.1) is 0 Å². The van der Waals surface area contributed by atoms with E-state index in [0.717, 1.165) is 24.5 Å². The molecule has 2 rings (SSSR count). The zero-order chi connectivity index (χ0) is 10.5. The van der Waals surface area contributed by atoms with Crippen LogP contribution < -0.4 is 5.73 Å². The van der Waals surface area contributed by atoms with E-state index in [1.807, 2.05) is 18.2 Å². The lowest BCUT2D eigenvalue weighted by Gasteiger charge is -2.01. The van der Waals surface area contributed by atoms with Crippen LogP contribution in [0.2, 0.25) is 0 Å². The molecule has 6 nitrogen and oxygen atoms in total. The van der Waals surface area contributed by atoms with Gasteiger partial charge in [-0.2, -0.15) is 4.68 Å². The maximum atomic E-state index is 5.44. The minimum absolute atomic E-state index is 0.634. The van der Waals surface area contributed by atoms with Crippen LogP contribution in [-0.2, 0) is 6.42 Å². The molecule has 0 saturated carbocycles. The molecule has 2 aromatic heterocycles. The molecule has 2 N–H and O–H groups in total. The van der Waals surface area contributed by atoms with Gasteiger partial charge < -0.3 is 5.73 Å². The van der Waals surface area contributed by atoms with Gasteiger partial charge in [0.25, 0.3) is 0 Å². The van der Waals surface area contributed by atoms with Gasteiger partial charge in [-0.3, -0.25) is 0 Å². The number of rotatable bonds is 4. The number of aromatic nitrogens is 5. The van der Waals surface area contributed by atoms with Crippen LogP contribution in [0.4, 0.5) is 0 Å². The van der Waals surface area contributed by atoms with Crippen molar-refractivity contribution in [2.24, 2.45) is 5.73 Å². The second-order valence-electron chi connectivity index (χ2n) is 3.09. The van der Waals surface area contributed by atoms with Crippen LogP contribution in [0.25, 0.3) is 5.82 Å². The first-order valence-electron chi connectivity index (χ1n) is 4.80. The van der Waals surface area contributed by atoms with Gasteiger partial charge in [-0.1, -0.05) is 6.07 Å². The van der Waals surface area contributed by atoms with Crippen LogP contribution in [0.5, 0.6) is 0 Å². The number of pyridine rings is 1. The van der Waals surface area contributed by atoms with E-state index >= 15 is 0 Å². The summed E-state index contributed by atoms with van der Waals surface area (Å²) in [7, 11) is 0. The number of hydrogen-bond acceptors (Lipinski definition) is 5. The van der Waals surface area contributed by atoms with E-state index in [2.05, 4.69) is 20.5 Å². The van der Waals surface area contributed by atoms with Crippen molar-refractivity contribution in [2.45, 2.75) is 12.8 Å². The molecule has 78 valence electrons. The third kappa shape index (κ3) is 2.16. The Hall–Kier alpha value is -1.82. The van der Waals surface area contributed by atoms with E-state index in [-0.39, 0.29) is 0 Å². The summed E-state index contributed by atoms with van der Waals surface area (Å²) in [6, 6.07) is 5.62. The summed E-state index contributed by atoms with van der Waals surface area (Å²) in [5.41, 5.74) is 5.44. The fourth-order valence-corrected chi connectivity index (χ4v) is 1.28. The van der Waals surface area contributed by atoms with Crippen molar-refractivity contribution in [2.75, 3.05) is 6.54 Å². The molecular weight excluding hydrogens is 192 g/mol. The Balaban J connectivity index is 2.25. The second kappa shape index (κ2) is 4.61. The predicted octanol–water partition coefficient (Wildman–Crippen LogP) is -0.0514. The average molecular weight is 204 g/mol. The second-order valence-corrected chi connectivity index (χ2v) is 3.09. The normalized spacial score (nSPS) is 10.5. The Kier molecular flexibility index (Phi) is 2.99. The van der Waals surface area contributed by atoms with E-state index in [9.17, 15) is 0 Å². The quantitative estimate of drug-likeness (QED) is 0.754. The molecule has 0 aliphatic heterocycles. The van der Waals surface area contributed by atoms with E-state index in [1.54, 1.807) is 10.9 Å². The molecule has 0 bridgehead atoms. The fraction of sp³-hybridized carbons (Fsp3) is 0.333. The van der Waals surface area contributed by atoms with E-state index in [0.29, 0.717) is 6.54 Å². The van der Waals surface area contributed by atoms with E-state index in [4.69, 9.17) is 5.73 Å². The Bertz CT molecular complexity index is 410. The van der Waals surface area contributed by atoms with Crippen molar-refractivity contribution in [1.29, 1.82) is 0 Å². The summed E-state index contributed by atoms with van der Waals surface area (Å²) in [5.74, 6) is 1.52. The van der Waals surface area contributed by atoms with Crippen LogP contribution in [0.15, 0.2) is 24.4 Å². The molecule has 0 aromatic carbocycles. The van der Waals surface area contributed by atoms with E-state index < -0.39 is 0 Å². The zero-order valence-corrected chi connectivity index (χ0v) is 8.24. The maximum Gasteiger partial charge on any atom is 0.158 e. The summed E-state index contributed by atoms with van der Waals surface area (Å²) < 4.78 is 1.63. The molecule has 0 unspecified atom stereocenters. The molecule has 15 heavy (non-hydrogen) atoms. The number of nitrogens with zero attached hydrogens (tertiary/aromatic N) is 5. The Morgan fingerprint density at radius 3 is 3.00 bits per heavy atom. The molecule has 0 saturated heterocycles. The molecule has 2 aromatic rings. The average Bonchev–Trinajstić information content (AvgIpc) is 2.75. The summed E-state index contributed by atoms with van der Waals surface area (Å²) in [6.45, 7) is 0.634. The predicted molar refractivity (Wildman–Crippen MR) is 54.3 cm³/mol. The zero-order valence-electron chi connectivity index (χ0n) is 8.24. The third-order valence-electron chi connectivity index (χ3n) is 2.00. The minimum Gasteiger partial charge on any atom is -0.330 e. The molecule has 0 amide bonds. The maximum absolute atomic E-state index is 5.44. The Labute approximate surface area is 87.1 Å². The molecule has 6 heteroatoms. The van der Waals surface area contributed by atoms with Crippen molar-refractivity contribution in [3.8, 4) is 5.82 Å². The van der Waals surface area contributed by atoms with Gasteiger partial charge in [0.15, 0.2) is 11.6 Å². The summed E-state index contributed by atoms with van der Waals surface area (Å²) in [4.78, 5) is 4.18. The Morgan fingerprint density at radius 2 is 2.27 bits per heavy atom. The van der Waals surface area contributed by atoms with Gasteiger partial charge in [0.1, 0.15) is 0 Å². The highest BCUT2D eigenvalue weighted by Crippen LogP contribution is 2.04. The highest BCUT2D eigenvalue weighted by atomic mass is 15.6. The number of aryl methyl sites for hydroxylation is 1. The van der Waals surface area contributed by atoms with Crippen LogP contribution in [-0.4, -0.2) is 31.7 Å². The summed E-state index contributed by atoms with van der Waals surface area (Å²) >= 11 is 0. The SMILES string of the molecule is NCCCc1nnnn1-c1ccccn1. The first-order chi connectivity index (χ1) is 7.42. The molecule has 0 radical (unpaired) electrons. The van der Waals surface area contributed by atoms with Crippen molar-refractivity contribution in [3.05, 3.63) is 30.2 Å². The molecule has 2 heterocycles. The van der Waals surface area contributed by atoms with Crippen molar-refractivity contribution in [1.82, 2.24) is 25.2 Å². The van der Waals surface area contributed by atoms with Gasteiger partial charge in [-0.25, -0.2) is 4.98 Å². The van der Waals surface area contributed by atoms with Crippen molar-refractivity contribution >= 4 is 0 Å². The summed E-state index contributed by atoms with van der Waals surface area (Å²) in [6.07, 6.45) is 3.34. The van der Waals surface area contributed by atoms with Gasteiger partial charge in [0, 0.05) is 12.6 Å². The largest absolute Gasteiger partial charge is 0.330 e. The highest BCUT2D eigenvalue weighted by molar-refractivity contribution is 5.20. The molecule has 0 aliphatic rings. The topological polar surface area (TPSA) is 82.5 Å². The lowest BCUT2D eigenvalue weighted by Crippen LogP contribution is -2.07. The Morgan fingerprint density at radius 1 is 1.33 bits per heavy atom. The van der Waals surface area contributed by atoms with Crippen molar-refractivity contribution < 1.29 is 0 Å². The fourth-order valence-electron chi connectivity index (χ4n) is 1.28. The molecule has 0 aliphatic carbocycles. The number of nitrogens with two attached hydrogens (primary N) is 1. The van der Waals surface area contributed by atoms with Gasteiger partial charge in [-0.05, 0) is 35.5 Å². The van der Waals surface area contributed by atoms with E-state index in [1.165, 1.54) is 0 Å². The first-order valence-corrected chi connectivity index (χ1v) is 4.80. The van der Waals surface area contributed by atoms with Gasteiger partial charge in [-0.15, -0.1) is 5.10 Å². The molecule has 0 spiro atoms. The van der Waals surface area contributed by atoms with Crippen LogP contribution in [0.3, 0.4) is 0 Å². The number of hydrogen-bond donors (Lipinski definition) is 1. The van der Waals surface area contributed by atoms with Crippen LogP contribution in [0, 0.1) is 0 Å².